The molecule has 0 aromatic heterocycles. The largest absolute Gasteiger partial charge is 0.484 e. The van der Waals surface area contributed by atoms with Crippen LogP contribution in [0.5, 0.6) is 5.75 Å². The molecule has 0 atom stereocenters. The van der Waals surface area contributed by atoms with Crippen LogP contribution in [0.4, 0.5) is 5.69 Å². The lowest BCUT2D eigenvalue weighted by Gasteiger charge is -2.21. The van der Waals surface area contributed by atoms with Gasteiger partial charge >= 0.3 is 0 Å². The van der Waals surface area contributed by atoms with Crippen LogP contribution in [-0.4, -0.2) is 43.9 Å². The summed E-state index contributed by atoms with van der Waals surface area (Å²) in [6.45, 7) is -0.612. The Morgan fingerprint density at radius 3 is 2.12 bits per heavy atom. The second kappa shape index (κ2) is 14.2. The van der Waals surface area contributed by atoms with Crippen LogP contribution in [0.3, 0.4) is 0 Å². The number of nitrogens with zero attached hydrogens (tertiary/aromatic N) is 2. The Morgan fingerprint density at radius 2 is 1.46 bits per heavy atom. The summed E-state index contributed by atoms with van der Waals surface area (Å²) in [4.78, 5) is 24.8. The molecule has 0 radical (unpaired) electrons. The number of hydrogen-bond donors (Lipinski definition) is 2. The van der Waals surface area contributed by atoms with Crippen LogP contribution in [-0.2, 0) is 26.2 Å². The van der Waals surface area contributed by atoms with Crippen molar-refractivity contribution in [2.24, 2.45) is 5.10 Å². The first-order valence-corrected chi connectivity index (χ1v) is 14.3. The molecular formula is C30H27ClN4O5S. The number of amides is 2. The van der Waals surface area contributed by atoms with E-state index in [1.807, 2.05) is 24.3 Å². The Hall–Kier alpha value is -4.51. The molecule has 0 aliphatic heterocycles. The van der Waals surface area contributed by atoms with Gasteiger partial charge in [0.05, 0.1) is 17.7 Å². The predicted molar refractivity (Wildman–Crippen MR) is 158 cm³/mol. The Labute approximate surface area is 243 Å². The van der Waals surface area contributed by atoms with Gasteiger partial charge in [-0.1, -0.05) is 60.1 Å². The van der Waals surface area contributed by atoms with Crippen molar-refractivity contribution in [3.63, 3.8) is 0 Å². The maximum Gasteiger partial charge on any atom is 0.262 e. The van der Waals surface area contributed by atoms with Crippen LogP contribution in [0.1, 0.15) is 11.1 Å². The van der Waals surface area contributed by atoms with E-state index in [4.69, 9.17) is 16.3 Å². The van der Waals surface area contributed by atoms with E-state index in [1.165, 1.54) is 30.5 Å². The maximum atomic E-state index is 13.3. The number of anilines is 1. The lowest BCUT2D eigenvalue weighted by molar-refractivity contribution is -0.121. The number of benzene rings is 4. The topological polar surface area (TPSA) is 117 Å². The van der Waals surface area contributed by atoms with E-state index in [2.05, 4.69) is 15.8 Å². The van der Waals surface area contributed by atoms with Crippen molar-refractivity contribution >= 4 is 45.3 Å². The summed E-state index contributed by atoms with van der Waals surface area (Å²) in [6.07, 6.45) is 1.42. The van der Waals surface area contributed by atoms with Gasteiger partial charge in [0.25, 0.3) is 11.8 Å². The minimum Gasteiger partial charge on any atom is -0.484 e. The molecule has 0 saturated heterocycles. The highest BCUT2D eigenvalue weighted by Crippen LogP contribution is 2.20. The number of hydrazone groups is 1. The van der Waals surface area contributed by atoms with E-state index in [1.54, 1.807) is 60.7 Å². The molecule has 0 aliphatic rings. The highest BCUT2D eigenvalue weighted by atomic mass is 35.5. The highest BCUT2D eigenvalue weighted by molar-refractivity contribution is 7.89. The summed E-state index contributed by atoms with van der Waals surface area (Å²) in [5, 5.41) is 7.09. The van der Waals surface area contributed by atoms with Gasteiger partial charge in [0.2, 0.25) is 10.0 Å². The average molecular weight is 591 g/mol. The molecule has 9 nitrogen and oxygen atoms in total. The number of ether oxygens (including phenoxy) is 1. The molecule has 0 unspecified atom stereocenters. The van der Waals surface area contributed by atoms with Crippen molar-refractivity contribution in [1.29, 1.82) is 0 Å². The number of carbonyl (C=O) groups excluding carboxylic acids is 2. The number of halogens is 1. The molecule has 0 heterocycles. The van der Waals surface area contributed by atoms with Crippen molar-refractivity contribution in [2.75, 3.05) is 18.5 Å². The number of hydrogen-bond acceptors (Lipinski definition) is 6. The Bertz CT molecular complexity index is 1580. The van der Waals surface area contributed by atoms with Gasteiger partial charge in [-0.2, -0.15) is 9.41 Å². The van der Waals surface area contributed by atoms with Crippen molar-refractivity contribution in [2.45, 2.75) is 11.4 Å². The van der Waals surface area contributed by atoms with Crippen molar-refractivity contribution < 1.29 is 22.7 Å². The van der Waals surface area contributed by atoms with E-state index in [-0.39, 0.29) is 24.0 Å². The minimum atomic E-state index is -4.00. The molecule has 4 aromatic carbocycles. The third kappa shape index (κ3) is 9.00. The molecule has 2 amide bonds. The van der Waals surface area contributed by atoms with Gasteiger partial charge in [-0.25, -0.2) is 13.8 Å². The summed E-state index contributed by atoms with van der Waals surface area (Å²) in [7, 11) is -4.00. The third-order valence-electron chi connectivity index (χ3n) is 5.68. The number of carbonyl (C=O) groups is 2. The van der Waals surface area contributed by atoms with Crippen LogP contribution in [0, 0.1) is 0 Å². The van der Waals surface area contributed by atoms with E-state index >= 15 is 0 Å². The normalized spacial score (nSPS) is 11.4. The zero-order chi connectivity index (χ0) is 29.1. The molecule has 4 rings (SSSR count). The third-order valence-corrected chi connectivity index (χ3v) is 7.74. The Balaban J connectivity index is 1.33. The van der Waals surface area contributed by atoms with Gasteiger partial charge in [-0.3, -0.25) is 9.59 Å². The minimum absolute atomic E-state index is 0.00618. The fraction of sp³-hybridized carbons (Fsp3) is 0.100. The highest BCUT2D eigenvalue weighted by Gasteiger charge is 2.27. The summed E-state index contributed by atoms with van der Waals surface area (Å²) >= 11 is 5.92. The van der Waals surface area contributed by atoms with Crippen LogP contribution < -0.4 is 15.5 Å². The molecule has 210 valence electrons. The summed E-state index contributed by atoms with van der Waals surface area (Å²) < 4.78 is 33.2. The first-order valence-electron chi connectivity index (χ1n) is 12.5. The SMILES string of the molecule is O=C(CN(Cc1ccccc1)S(=O)(=O)c1ccc(Cl)cc1)N/N=C/c1ccc(OCC(=O)Nc2ccccc2)cc1. The van der Waals surface area contributed by atoms with Gasteiger partial charge in [0.15, 0.2) is 6.61 Å². The van der Waals surface area contributed by atoms with E-state index in [0.717, 1.165) is 9.87 Å². The fourth-order valence-electron chi connectivity index (χ4n) is 3.66. The standard InChI is InChI=1S/C30H27ClN4O5S/c31-25-13-17-28(18-14-25)41(38,39)35(20-24-7-3-1-4-8-24)21-29(36)34-32-19-23-11-15-27(16-12-23)40-22-30(37)33-26-9-5-2-6-10-26/h1-19H,20-22H2,(H,33,37)(H,34,36)/b32-19+. The van der Waals surface area contributed by atoms with Gasteiger partial charge in [-0.15, -0.1) is 0 Å². The van der Waals surface area contributed by atoms with E-state index in [0.29, 0.717) is 22.0 Å². The van der Waals surface area contributed by atoms with Crippen molar-refractivity contribution in [3.05, 3.63) is 125 Å². The fourth-order valence-corrected chi connectivity index (χ4v) is 5.17. The van der Waals surface area contributed by atoms with E-state index in [9.17, 15) is 18.0 Å². The quantitative estimate of drug-likeness (QED) is 0.183. The molecule has 0 spiro atoms. The lowest BCUT2D eigenvalue weighted by atomic mass is 10.2. The smallest absolute Gasteiger partial charge is 0.262 e. The first kappa shape index (κ1) is 29.5. The number of nitrogens with one attached hydrogen (secondary N) is 2. The van der Waals surface area contributed by atoms with Crippen LogP contribution >= 0.6 is 11.6 Å². The second-order valence-corrected chi connectivity index (χ2v) is 11.2. The Kier molecular flexibility index (Phi) is 10.2. The van der Waals surface area contributed by atoms with Gasteiger partial charge in [0, 0.05) is 17.3 Å². The summed E-state index contributed by atoms with van der Waals surface area (Å²) in [5.41, 5.74) is 4.44. The van der Waals surface area contributed by atoms with Gasteiger partial charge < -0.3 is 10.1 Å². The molecule has 0 aliphatic carbocycles. The number of sulfonamides is 1. The molecule has 0 bridgehead atoms. The zero-order valence-electron chi connectivity index (χ0n) is 21.8. The van der Waals surface area contributed by atoms with Gasteiger partial charge in [-0.05, 0) is 71.8 Å². The average Bonchev–Trinajstić information content (AvgIpc) is 2.98. The predicted octanol–water partition coefficient (Wildman–Crippen LogP) is 4.70. The van der Waals surface area contributed by atoms with E-state index < -0.39 is 22.5 Å². The summed E-state index contributed by atoms with van der Waals surface area (Å²) in [6, 6.07) is 30.5. The van der Waals surface area contributed by atoms with Crippen LogP contribution in [0.25, 0.3) is 0 Å². The van der Waals surface area contributed by atoms with Crippen molar-refractivity contribution in [3.8, 4) is 5.75 Å². The molecule has 11 heteroatoms. The second-order valence-electron chi connectivity index (χ2n) is 8.78. The zero-order valence-corrected chi connectivity index (χ0v) is 23.4. The maximum absolute atomic E-state index is 13.3. The molecule has 0 saturated carbocycles. The lowest BCUT2D eigenvalue weighted by Crippen LogP contribution is -2.39. The monoisotopic (exact) mass is 590 g/mol. The molecular weight excluding hydrogens is 564 g/mol. The molecule has 0 fully saturated rings. The van der Waals surface area contributed by atoms with Crippen molar-refractivity contribution in [1.82, 2.24) is 9.73 Å². The number of rotatable bonds is 12. The first-order chi connectivity index (χ1) is 19.8. The molecule has 41 heavy (non-hydrogen) atoms. The Morgan fingerprint density at radius 1 is 0.829 bits per heavy atom. The molecule has 4 aromatic rings. The number of para-hydroxylation sites is 1. The van der Waals surface area contributed by atoms with Crippen LogP contribution in [0.2, 0.25) is 5.02 Å². The van der Waals surface area contributed by atoms with Crippen LogP contribution in [0.15, 0.2) is 119 Å². The van der Waals surface area contributed by atoms with Gasteiger partial charge in [0.1, 0.15) is 5.75 Å². The summed E-state index contributed by atoms with van der Waals surface area (Å²) in [5.74, 6) is -0.415. The molecule has 2 N–H and O–H groups in total.